The van der Waals surface area contributed by atoms with E-state index in [0.29, 0.717) is 22.1 Å². The van der Waals surface area contributed by atoms with Crippen molar-refractivity contribution in [3.05, 3.63) is 29.3 Å². The van der Waals surface area contributed by atoms with E-state index >= 15 is 0 Å². The van der Waals surface area contributed by atoms with Crippen LogP contribution < -0.4 is 5.19 Å². The molecule has 0 aromatic heterocycles. The smallest absolute Gasteiger partial charge is 0.127 e. The highest BCUT2D eigenvalue weighted by molar-refractivity contribution is 7.69. The second kappa shape index (κ2) is 9.88. The van der Waals surface area contributed by atoms with Crippen LogP contribution in [0.4, 0.5) is 0 Å². The topological polar surface area (TPSA) is 0 Å². The van der Waals surface area contributed by atoms with Crippen molar-refractivity contribution in [2.45, 2.75) is 12.5 Å². The fraction of sp³-hybridized carbons (Fsp3) is 0.333. The summed E-state index contributed by atoms with van der Waals surface area (Å²) in [4.78, 5) is 0. The average Bonchev–Trinajstić information content (AvgIpc) is 2.25. The number of hydrogen-bond acceptors (Lipinski definition) is 0. The first kappa shape index (κ1) is 21.0. The number of halogens is 8. The Morgan fingerprint density at radius 2 is 1.42 bits per heavy atom. The molecular formula is C9H10Cl8Si2. The zero-order valence-electron chi connectivity index (χ0n) is 9.45. The molecule has 1 rings (SSSR count). The first-order valence-corrected chi connectivity index (χ1v) is 16.2. The second-order valence-electron chi connectivity index (χ2n) is 3.39. The van der Waals surface area contributed by atoms with Crippen LogP contribution in [0.2, 0.25) is 11.1 Å². The molecule has 110 valence electrons. The van der Waals surface area contributed by atoms with Gasteiger partial charge in [0.25, 0.3) is 0 Å². The highest BCUT2D eigenvalue weighted by Gasteiger charge is 2.29. The van der Waals surface area contributed by atoms with Crippen LogP contribution in [0.1, 0.15) is 6.42 Å². The molecule has 19 heavy (non-hydrogen) atoms. The summed E-state index contributed by atoms with van der Waals surface area (Å²) in [5.74, 6) is 0.584. The van der Waals surface area contributed by atoms with Crippen LogP contribution >= 0.6 is 89.7 Å². The summed E-state index contributed by atoms with van der Waals surface area (Å²) in [6.45, 7) is 0. The third kappa shape index (κ3) is 11.2. The Morgan fingerprint density at radius 3 is 1.68 bits per heavy atom. The van der Waals surface area contributed by atoms with Crippen molar-refractivity contribution >= 4 is 107 Å². The number of benzene rings is 1. The SMILES string of the molecule is ClCCC[Si](Cl)(Cl)Cl.Clc1ccccc1[Si](Cl)(Cl)Cl. The minimum Gasteiger partial charge on any atom is -0.127 e. The van der Waals surface area contributed by atoms with Gasteiger partial charge < -0.3 is 0 Å². The van der Waals surface area contributed by atoms with Crippen LogP contribution in [0, 0.1) is 0 Å². The van der Waals surface area contributed by atoms with Gasteiger partial charge in [0.2, 0.25) is 0 Å². The van der Waals surface area contributed by atoms with Gasteiger partial charge in [-0.1, -0.05) is 29.8 Å². The van der Waals surface area contributed by atoms with Gasteiger partial charge in [-0.3, -0.25) is 0 Å². The van der Waals surface area contributed by atoms with Crippen molar-refractivity contribution in [1.82, 2.24) is 0 Å². The molecule has 0 spiro atoms. The van der Waals surface area contributed by atoms with Crippen LogP contribution in [0.15, 0.2) is 24.3 Å². The van der Waals surface area contributed by atoms with Crippen molar-refractivity contribution in [2.75, 3.05) is 5.88 Å². The Morgan fingerprint density at radius 1 is 0.895 bits per heavy atom. The van der Waals surface area contributed by atoms with Gasteiger partial charge >= 0.3 is 12.0 Å². The number of alkyl halides is 1. The molecule has 0 radical (unpaired) electrons. The predicted molar refractivity (Wildman–Crippen MR) is 97.9 cm³/mol. The average molecular weight is 458 g/mol. The zero-order chi connectivity index (χ0) is 15.1. The normalized spacial score (nSPS) is 11.8. The summed E-state index contributed by atoms with van der Waals surface area (Å²) >= 11 is 45.0. The van der Waals surface area contributed by atoms with Crippen molar-refractivity contribution < 1.29 is 0 Å². The van der Waals surface area contributed by atoms with Gasteiger partial charge in [-0.05, 0) is 18.5 Å². The fourth-order valence-electron chi connectivity index (χ4n) is 0.958. The molecule has 0 bridgehead atoms. The van der Waals surface area contributed by atoms with E-state index in [1.165, 1.54) is 0 Å². The summed E-state index contributed by atoms with van der Waals surface area (Å²) < 4.78 is 0. The quantitative estimate of drug-likeness (QED) is 0.276. The van der Waals surface area contributed by atoms with Crippen LogP contribution in [-0.4, -0.2) is 17.9 Å². The van der Waals surface area contributed by atoms with Crippen LogP contribution in [0.3, 0.4) is 0 Å². The van der Waals surface area contributed by atoms with Crippen molar-refractivity contribution in [1.29, 1.82) is 0 Å². The molecular weight excluding hydrogens is 448 g/mol. The third-order valence-electron chi connectivity index (χ3n) is 1.77. The molecule has 0 unspecified atom stereocenters. The van der Waals surface area contributed by atoms with E-state index in [2.05, 4.69) is 0 Å². The van der Waals surface area contributed by atoms with Gasteiger partial charge in [-0.25, -0.2) is 0 Å². The molecule has 0 aliphatic heterocycles. The summed E-state index contributed by atoms with van der Waals surface area (Å²) in [6.07, 6.45) is 0.810. The van der Waals surface area contributed by atoms with E-state index in [1.54, 1.807) is 24.3 Å². The lowest BCUT2D eigenvalue weighted by atomic mass is 10.4. The lowest BCUT2D eigenvalue weighted by Gasteiger charge is -2.08. The molecule has 0 saturated carbocycles. The lowest BCUT2D eigenvalue weighted by Crippen LogP contribution is -2.30. The Balaban J connectivity index is 0.000000362. The molecule has 0 nitrogen and oxygen atoms in total. The van der Waals surface area contributed by atoms with Gasteiger partial charge in [-0.2, -0.15) is 0 Å². The summed E-state index contributed by atoms with van der Waals surface area (Å²) in [5, 5.41) is 1.17. The Kier molecular flexibility index (Phi) is 10.9. The van der Waals surface area contributed by atoms with Crippen LogP contribution in [0.5, 0.6) is 0 Å². The molecule has 1 aromatic rings. The summed E-state index contributed by atoms with van der Waals surface area (Å²) in [7, 11) is 0. The summed E-state index contributed by atoms with van der Waals surface area (Å²) in [5.41, 5.74) is 0. The molecule has 0 aliphatic carbocycles. The van der Waals surface area contributed by atoms with E-state index in [-0.39, 0.29) is 0 Å². The van der Waals surface area contributed by atoms with Crippen molar-refractivity contribution in [3.63, 3.8) is 0 Å². The summed E-state index contributed by atoms with van der Waals surface area (Å²) in [6, 6.07) is 2.58. The van der Waals surface area contributed by atoms with E-state index in [1.807, 2.05) is 0 Å². The highest BCUT2D eigenvalue weighted by Crippen LogP contribution is 2.26. The van der Waals surface area contributed by atoms with E-state index < -0.39 is 12.0 Å². The van der Waals surface area contributed by atoms with Gasteiger partial charge in [0.15, 0.2) is 0 Å². The van der Waals surface area contributed by atoms with E-state index in [4.69, 9.17) is 89.7 Å². The number of hydrogen-bond donors (Lipinski definition) is 0. The fourth-order valence-corrected chi connectivity index (χ4v) is 6.22. The molecule has 1 aromatic carbocycles. The molecule has 0 atom stereocenters. The Labute approximate surface area is 153 Å². The van der Waals surface area contributed by atoms with Crippen molar-refractivity contribution in [2.24, 2.45) is 0 Å². The standard InChI is InChI=1S/C6H4Cl4Si.C3H6Cl4Si/c7-5-3-1-2-4-6(5)11(8,9)10;4-2-1-3-8(5,6)7/h1-4H;1-3H2. The van der Waals surface area contributed by atoms with E-state index in [9.17, 15) is 0 Å². The molecule has 0 N–H and O–H groups in total. The van der Waals surface area contributed by atoms with E-state index in [0.717, 1.165) is 6.42 Å². The largest absolute Gasteiger partial charge is 0.374 e. The second-order valence-corrected chi connectivity index (χ2v) is 21.8. The predicted octanol–water partition coefficient (Wildman–Crippen LogP) is 6.47. The van der Waals surface area contributed by atoms with Gasteiger partial charge in [0, 0.05) is 16.1 Å². The van der Waals surface area contributed by atoms with Crippen LogP contribution in [-0.2, 0) is 0 Å². The number of rotatable bonds is 4. The highest BCUT2D eigenvalue weighted by atomic mass is 35.8. The molecule has 0 amide bonds. The molecule has 0 aliphatic rings. The zero-order valence-corrected chi connectivity index (χ0v) is 17.5. The molecule has 0 heterocycles. The maximum absolute atomic E-state index is 5.79. The third-order valence-corrected chi connectivity index (χ3v) is 8.03. The van der Waals surface area contributed by atoms with Gasteiger partial charge in [0.1, 0.15) is 0 Å². The first-order valence-electron chi connectivity index (χ1n) is 5.02. The Bertz CT molecular complexity index is 373. The molecule has 0 fully saturated rings. The Hall–Kier alpha value is 1.97. The minimum atomic E-state index is -2.79. The van der Waals surface area contributed by atoms with Crippen molar-refractivity contribution in [3.8, 4) is 0 Å². The maximum Gasteiger partial charge on any atom is 0.374 e. The minimum absolute atomic E-state index is 0.527. The van der Waals surface area contributed by atoms with Gasteiger partial charge in [0.05, 0.1) is 0 Å². The first-order chi connectivity index (χ1) is 8.58. The molecule has 10 heteroatoms. The van der Waals surface area contributed by atoms with Crippen LogP contribution in [0.25, 0.3) is 0 Å². The van der Waals surface area contributed by atoms with Gasteiger partial charge in [-0.15, -0.1) is 78.1 Å². The lowest BCUT2D eigenvalue weighted by molar-refractivity contribution is 1.08. The monoisotopic (exact) mass is 454 g/mol. The maximum atomic E-state index is 5.79. The molecule has 0 saturated heterocycles.